The highest BCUT2D eigenvalue weighted by atomic mass is 79.9. The average molecular weight is 383 g/mol. The Kier molecular flexibility index (Phi) is 5.51. The first-order valence-electron chi connectivity index (χ1n) is 6.39. The minimum absolute atomic E-state index is 0.326. The maximum atomic E-state index is 11.8. The van der Waals surface area contributed by atoms with Crippen molar-refractivity contribution in [3.05, 3.63) is 45.2 Å². The number of nitrogens with zero attached hydrogens (tertiary/aromatic N) is 2. The van der Waals surface area contributed by atoms with E-state index in [0.717, 1.165) is 26.4 Å². The minimum Gasteiger partial charge on any atom is -0.488 e. The maximum absolute atomic E-state index is 11.8. The van der Waals surface area contributed by atoms with Crippen LogP contribution in [-0.2, 0) is 6.61 Å². The molecule has 0 saturated carbocycles. The van der Waals surface area contributed by atoms with Crippen molar-refractivity contribution in [1.82, 2.24) is 5.01 Å². The quantitative estimate of drug-likeness (QED) is 0.574. The molecule has 0 radical (unpaired) electrons. The van der Waals surface area contributed by atoms with Crippen LogP contribution in [0.25, 0.3) is 0 Å². The fraction of sp³-hybridized carbons (Fsp3) is 0.214. The van der Waals surface area contributed by atoms with Gasteiger partial charge in [0, 0.05) is 22.5 Å². The summed E-state index contributed by atoms with van der Waals surface area (Å²) in [6, 6.07) is 7.28. The lowest BCUT2D eigenvalue weighted by atomic mass is 10.2. The molecule has 116 valence electrons. The maximum Gasteiger partial charge on any atom is 0.343 e. The van der Waals surface area contributed by atoms with E-state index < -0.39 is 6.03 Å². The van der Waals surface area contributed by atoms with Crippen LogP contribution in [0.3, 0.4) is 0 Å². The molecule has 1 aromatic carbocycles. The summed E-state index contributed by atoms with van der Waals surface area (Å²) < 4.78 is 6.69. The van der Waals surface area contributed by atoms with Gasteiger partial charge in [-0.3, -0.25) is 5.32 Å². The van der Waals surface area contributed by atoms with Crippen molar-refractivity contribution < 1.29 is 9.53 Å². The first-order valence-corrected chi connectivity index (χ1v) is 8.06. The van der Waals surface area contributed by atoms with Gasteiger partial charge in [-0.15, -0.1) is 11.3 Å². The molecule has 0 fully saturated rings. The van der Waals surface area contributed by atoms with Crippen LogP contribution in [0.15, 0.2) is 39.3 Å². The molecule has 0 aliphatic carbocycles. The number of carbonyl (C=O) groups excluding carboxylic acids is 1. The number of anilines is 1. The molecule has 2 aromatic rings. The SMILES string of the molecule is Cc1ccccc1OCc1c(Br)csc1NC(=O)N(C)N=N. The van der Waals surface area contributed by atoms with Crippen molar-refractivity contribution in [1.29, 1.82) is 5.53 Å². The van der Waals surface area contributed by atoms with Crippen LogP contribution in [0.5, 0.6) is 5.75 Å². The molecule has 0 unspecified atom stereocenters. The third kappa shape index (κ3) is 3.83. The van der Waals surface area contributed by atoms with Crippen molar-refractivity contribution in [2.45, 2.75) is 13.5 Å². The molecule has 1 heterocycles. The number of ether oxygens (including phenoxy) is 1. The Morgan fingerprint density at radius 3 is 2.91 bits per heavy atom. The number of benzene rings is 1. The van der Waals surface area contributed by atoms with Gasteiger partial charge in [0.2, 0.25) is 0 Å². The van der Waals surface area contributed by atoms with Crippen molar-refractivity contribution in [2.75, 3.05) is 12.4 Å². The molecule has 0 saturated heterocycles. The van der Waals surface area contributed by atoms with E-state index in [-0.39, 0.29) is 0 Å². The van der Waals surface area contributed by atoms with E-state index in [4.69, 9.17) is 10.3 Å². The molecular weight excluding hydrogens is 368 g/mol. The van der Waals surface area contributed by atoms with Crippen LogP contribution < -0.4 is 10.1 Å². The van der Waals surface area contributed by atoms with Gasteiger partial charge in [-0.2, -0.15) is 10.5 Å². The molecule has 2 N–H and O–H groups in total. The van der Waals surface area contributed by atoms with Gasteiger partial charge in [-0.05, 0) is 34.5 Å². The van der Waals surface area contributed by atoms with Gasteiger partial charge in [0.1, 0.15) is 17.4 Å². The zero-order valence-electron chi connectivity index (χ0n) is 12.1. The minimum atomic E-state index is -0.471. The van der Waals surface area contributed by atoms with E-state index in [1.165, 1.54) is 18.4 Å². The second-order valence-electron chi connectivity index (χ2n) is 4.50. The molecule has 2 amide bonds. The Morgan fingerprint density at radius 2 is 2.23 bits per heavy atom. The first kappa shape index (κ1) is 16.4. The Bertz CT molecular complexity index is 689. The molecule has 0 atom stereocenters. The Hall–Kier alpha value is -1.93. The normalized spacial score (nSPS) is 10.1. The molecular formula is C14H15BrN4O2S. The lowest BCUT2D eigenvalue weighted by Crippen LogP contribution is -2.26. The smallest absolute Gasteiger partial charge is 0.343 e. The second kappa shape index (κ2) is 7.37. The van der Waals surface area contributed by atoms with Gasteiger partial charge in [-0.1, -0.05) is 23.4 Å². The molecule has 0 bridgehead atoms. The van der Waals surface area contributed by atoms with E-state index in [1.54, 1.807) is 0 Å². The molecule has 6 nitrogen and oxygen atoms in total. The zero-order valence-corrected chi connectivity index (χ0v) is 14.5. The molecule has 0 spiro atoms. The highest BCUT2D eigenvalue weighted by Gasteiger charge is 2.15. The lowest BCUT2D eigenvalue weighted by molar-refractivity contribution is 0.220. The van der Waals surface area contributed by atoms with Gasteiger partial charge in [-0.25, -0.2) is 4.79 Å². The fourth-order valence-corrected chi connectivity index (χ4v) is 3.24. The van der Waals surface area contributed by atoms with Crippen LogP contribution in [0.2, 0.25) is 0 Å². The van der Waals surface area contributed by atoms with Crippen LogP contribution >= 0.6 is 27.3 Å². The molecule has 0 aliphatic rings. The summed E-state index contributed by atoms with van der Waals surface area (Å²) in [7, 11) is 1.41. The Balaban J connectivity index is 2.11. The number of amides is 2. The van der Waals surface area contributed by atoms with Gasteiger partial charge in [0.05, 0.1) is 0 Å². The van der Waals surface area contributed by atoms with Crippen LogP contribution in [0.4, 0.5) is 9.80 Å². The fourth-order valence-electron chi connectivity index (χ4n) is 1.69. The van der Waals surface area contributed by atoms with Crippen LogP contribution in [-0.4, -0.2) is 18.1 Å². The van der Waals surface area contributed by atoms with E-state index in [9.17, 15) is 4.79 Å². The molecule has 2 rings (SSSR count). The Labute approximate surface area is 140 Å². The highest BCUT2D eigenvalue weighted by molar-refractivity contribution is 9.10. The lowest BCUT2D eigenvalue weighted by Gasteiger charge is -2.12. The highest BCUT2D eigenvalue weighted by Crippen LogP contribution is 2.33. The number of thiophene rings is 1. The number of nitrogens with one attached hydrogen (secondary N) is 2. The third-order valence-corrected chi connectivity index (χ3v) is 4.92. The Morgan fingerprint density at radius 1 is 1.50 bits per heavy atom. The first-order chi connectivity index (χ1) is 10.5. The van der Waals surface area contributed by atoms with Crippen molar-refractivity contribution in [3.8, 4) is 5.75 Å². The van der Waals surface area contributed by atoms with E-state index in [1.807, 2.05) is 36.6 Å². The summed E-state index contributed by atoms with van der Waals surface area (Å²) in [6.45, 7) is 2.30. The predicted octanol–water partition coefficient (Wildman–Crippen LogP) is 4.81. The summed E-state index contributed by atoms with van der Waals surface area (Å²) in [6.07, 6.45) is 0. The second-order valence-corrected chi connectivity index (χ2v) is 6.23. The number of hydrogen-bond acceptors (Lipinski definition) is 5. The molecule has 0 aliphatic heterocycles. The van der Waals surface area contributed by atoms with Gasteiger partial charge in [0.15, 0.2) is 0 Å². The number of para-hydroxylation sites is 1. The number of urea groups is 1. The summed E-state index contributed by atoms with van der Waals surface area (Å²) in [5.74, 6) is 0.802. The molecule has 8 heteroatoms. The summed E-state index contributed by atoms with van der Waals surface area (Å²) in [4.78, 5) is 11.8. The van der Waals surface area contributed by atoms with E-state index in [0.29, 0.717) is 11.6 Å². The van der Waals surface area contributed by atoms with E-state index >= 15 is 0 Å². The van der Waals surface area contributed by atoms with Crippen LogP contribution in [0, 0.1) is 12.5 Å². The van der Waals surface area contributed by atoms with Crippen LogP contribution in [0.1, 0.15) is 11.1 Å². The van der Waals surface area contributed by atoms with E-state index in [2.05, 4.69) is 26.5 Å². The summed E-state index contributed by atoms with van der Waals surface area (Å²) in [5, 5.41) is 9.24. The van der Waals surface area contributed by atoms with Gasteiger partial charge < -0.3 is 4.74 Å². The summed E-state index contributed by atoms with van der Waals surface area (Å²) in [5.41, 5.74) is 8.74. The molecule has 1 aromatic heterocycles. The predicted molar refractivity (Wildman–Crippen MR) is 89.5 cm³/mol. The van der Waals surface area contributed by atoms with Gasteiger partial charge >= 0.3 is 6.03 Å². The topological polar surface area (TPSA) is 77.8 Å². The van der Waals surface area contributed by atoms with Crippen molar-refractivity contribution >= 4 is 38.3 Å². The zero-order chi connectivity index (χ0) is 16.1. The summed E-state index contributed by atoms with van der Waals surface area (Å²) >= 11 is 4.84. The number of aryl methyl sites for hydroxylation is 1. The van der Waals surface area contributed by atoms with Gasteiger partial charge in [0.25, 0.3) is 0 Å². The standard InChI is InChI=1S/C14H15BrN4O2S/c1-9-5-3-4-6-12(9)21-7-10-11(15)8-22-13(10)17-14(20)19(2)18-16/h3-6,8,16H,7H2,1-2H3,(H,17,20). The largest absolute Gasteiger partial charge is 0.488 e. The number of hydrogen-bond donors (Lipinski definition) is 2. The monoisotopic (exact) mass is 382 g/mol. The molecule has 22 heavy (non-hydrogen) atoms. The third-order valence-electron chi connectivity index (χ3n) is 2.97. The number of rotatable bonds is 5. The number of halogens is 1. The van der Waals surface area contributed by atoms with Crippen molar-refractivity contribution in [3.63, 3.8) is 0 Å². The average Bonchev–Trinajstić information content (AvgIpc) is 2.86. The van der Waals surface area contributed by atoms with Crippen molar-refractivity contribution in [2.24, 2.45) is 5.22 Å². The number of carbonyl (C=O) groups is 1.